The molecule has 0 radical (unpaired) electrons. The molecule has 0 atom stereocenters. The van der Waals surface area contributed by atoms with Gasteiger partial charge in [-0.1, -0.05) is 6.92 Å². The van der Waals surface area contributed by atoms with Gasteiger partial charge in [0.25, 0.3) is 0 Å². The molecule has 1 aromatic heterocycles. The first kappa shape index (κ1) is 14.1. The molecule has 0 spiro atoms. The average Bonchev–Trinajstić information content (AvgIpc) is 2.64. The summed E-state index contributed by atoms with van der Waals surface area (Å²) in [6, 6.07) is 1.86. The van der Waals surface area contributed by atoms with Gasteiger partial charge in [0.15, 0.2) is 0 Å². The van der Waals surface area contributed by atoms with Crippen molar-refractivity contribution in [2.24, 2.45) is 0 Å². The molecule has 1 aromatic rings. The smallest absolute Gasteiger partial charge is 0.351 e. The summed E-state index contributed by atoms with van der Waals surface area (Å²) in [4.78, 5) is 0. The third-order valence-electron chi connectivity index (χ3n) is 2.07. The van der Waals surface area contributed by atoms with E-state index in [0.29, 0.717) is 0 Å². The zero-order chi connectivity index (χ0) is 12.7. The Morgan fingerprint density at radius 1 is 1.41 bits per heavy atom. The van der Waals surface area contributed by atoms with Crippen LogP contribution in [-0.4, -0.2) is 23.9 Å². The SMILES string of the molecule is CCCNCc1ccn(COCC(F)(F)F)c1. The molecule has 0 aliphatic carbocycles. The first-order chi connectivity index (χ1) is 8.01. The molecule has 98 valence electrons. The third kappa shape index (κ3) is 6.33. The van der Waals surface area contributed by atoms with Gasteiger partial charge in [0.2, 0.25) is 0 Å². The van der Waals surface area contributed by atoms with E-state index in [1.807, 2.05) is 6.07 Å². The van der Waals surface area contributed by atoms with Crippen molar-refractivity contribution in [3.8, 4) is 0 Å². The van der Waals surface area contributed by atoms with Gasteiger partial charge < -0.3 is 14.6 Å². The zero-order valence-corrected chi connectivity index (χ0v) is 9.76. The van der Waals surface area contributed by atoms with Crippen molar-refractivity contribution < 1.29 is 17.9 Å². The zero-order valence-electron chi connectivity index (χ0n) is 9.76. The van der Waals surface area contributed by atoms with Gasteiger partial charge in [-0.15, -0.1) is 0 Å². The topological polar surface area (TPSA) is 26.2 Å². The van der Waals surface area contributed by atoms with Gasteiger partial charge in [0.05, 0.1) is 0 Å². The summed E-state index contributed by atoms with van der Waals surface area (Å²) in [6.07, 6.45) is 0.270. The monoisotopic (exact) mass is 250 g/mol. The maximum absolute atomic E-state index is 11.8. The van der Waals surface area contributed by atoms with Crippen LogP contribution in [0.15, 0.2) is 18.5 Å². The van der Waals surface area contributed by atoms with Crippen LogP contribution in [0.4, 0.5) is 13.2 Å². The second-order valence-electron chi connectivity index (χ2n) is 3.80. The normalized spacial score (nSPS) is 12.0. The van der Waals surface area contributed by atoms with Crippen LogP contribution < -0.4 is 5.32 Å². The number of halogens is 3. The lowest BCUT2D eigenvalue weighted by Gasteiger charge is -2.08. The maximum Gasteiger partial charge on any atom is 0.411 e. The van der Waals surface area contributed by atoms with Gasteiger partial charge in [-0.05, 0) is 24.6 Å². The summed E-state index contributed by atoms with van der Waals surface area (Å²) >= 11 is 0. The quantitative estimate of drug-likeness (QED) is 0.753. The highest BCUT2D eigenvalue weighted by molar-refractivity contribution is 5.09. The van der Waals surface area contributed by atoms with Crippen LogP contribution in [0.2, 0.25) is 0 Å². The molecule has 0 bridgehead atoms. The standard InChI is InChI=1S/C11H17F3N2O/c1-2-4-15-6-10-3-5-16(7-10)9-17-8-11(12,13)14/h3,5,7,15H,2,4,6,8-9H2,1H3. The number of rotatable bonds is 7. The number of hydrogen-bond acceptors (Lipinski definition) is 2. The third-order valence-corrected chi connectivity index (χ3v) is 2.07. The van der Waals surface area contributed by atoms with Crippen molar-refractivity contribution in [2.45, 2.75) is 32.8 Å². The second kappa shape index (κ2) is 6.66. The van der Waals surface area contributed by atoms with E-state index in [4.69, 9.17) is 0 Å². The minimum absolute atomic E-state index is 0.0761. The lowest BCUT2D eigenvalue weighted by atomic mass is 10.3. The molecule has 0 unspecified atom stereocenters. The van der Waals surface area contributed by atoms with Crippen LogP contribution in [0.25, 0.3) is 0 Å². The second-order valence-corrected chi connectivity index (χ2v) is 3.80. The molecule has 0 aliphatic rings. The van der Waals surface area contributed by atoms with E-state index in [0.717, 1.165) is 25.1 Å². The molecule has 0 amide bonds. The summed E-state index contributed by atoms with van der Waals surface area (Å²) in [5.41, 5.74) is 1.04. The molecule has 6 heteroatoms. The van der Waals surface area contributed by atoms with Crippen molar-refractivity contribution in [1.29, 1.82) is 0 Å². The van der Waals surface area contributed by atoms with E-state index >= 15 is 0 Å². The van der Waals surface area contributed by atoms with Crippen LogP contribution in [-0.2, 0) is 18.0 Å². The first-order valence-corrected chi connectivity index (χ1v) is 5.51. The Balaban J connectivity index is 2.26. The number of ether oxygens (including phenoxy) is 1. The molecule has 17 heavy (non-hydrogen) atoms. The average molecular weight is 250 g/mol. The van der Waals surface area contributed by atoms with Crippen LogP contribution in [0.3, 0.4) is 0 Å². The number of aromatic nitrogens is 1. The largest absolute Gasteiger partial charge is 0.411 e. The van der Waals surface area contributed by atoms with E-state index in [9.17, 15) is 13.2 Å². The van der Waals surface area contributed by atoms with Gasteiger partial charge >= 0.3 is 6.18 Å². The Morgan fingerprint density at radius 3 is 2.82 bits per heavy atom. The minimum Gasteiger partial charge on any atom is -0.351 e. The van der Waals surface area contributed by atoms with Gasteiger partial charge in [0.1, 0.15) is 13.3 Å². The molecular weight excluding hydrogens is 233 g/mol. The van der Waals surface area contributed by atoms with Gasteiger partial charge in [0, 0.05) is 18.9 Å². The summed E-state index contributed by atoms with van der Waals surface area (Å²) in [5, 5.41) is 3.21. The summed E-state index contributed by atoms with van der Waals surface area (Å²) in [7, 11) is 0. The predicted molar refractivity (Wildman–Crippen MR) is 58.4 cm³/mol. The molecule has 1 heterocycles. The fourth-order valence-corrected chi connectivity index (χ4v) is 1.35. The van der Waals surface area contributed by atoms with Gasteiger partial charge in [-0.2, -0.15) is 13.2 Å². The highest BCUT2D eigenvalue weighted by Gasteiger charge is 2.27. The molecule has 0 aliphatic heterocycles. The summed E-state index contributed by atoms with van der Waals surface area (Å²) < 4.78 is 41.6. The van der Waals surface area contributed by atoms with Crippen molar-refractivity contribution in [2.75, 3.05) is 13.2 Å². The Morgan fingerprint density at radius 2 is 2.18 bits per heavy atom. The Hall–Kier alpha value is -1.01. The molecule has 0 aromatic carbocycles. The highest BCUT2D eigenvalue weighted by atomic mass is 19.4. The Labute approximate surface area is 98.6 Å². The van der Waals surface area contributed by atoms with Crippen molar-refractivity contribution >= 4 is 0 Å². The number of hydrogen-bond donors (Lipinski definition) is 1. The Kier molecular flexibility index (Phi) is 5.50. The van der Waals surface area contributed by atoms with E-state index in [1.54, 1.807) is 17.0 Å². The highest BCUT2D eigenvalue weighted by Crippen LogP contribution is 2.14. The van der Waals surface area contributed by atoms with E-state index < -0.39 is 12.8 Å². The van der Waals surface area contributed by atoms with Crippen LogP contribution >= 0.6 is 0 Å². The molecule has 1 N–H and O–H groups in total. The number of alkyl halides is 3. The van der Waals surface area contributed by atoms with Crippen molar-refractivity contribution in [3.05, 3.63) is 24.0 Å². The maximum atomic E-state index is 11.8. The summed E-state index contributed by atoms with van der Waals surface area (Å²) in [5.74, 6) is 0. The summed E-state index contributed by atoms with van der Waals surface area (Å²) in [6.45, 7) is 2.43. The fourth-order valence-electron chi connectivity index (χ4n) is 1.35. The Bertz CT molecular complexity index is 323. The molecule has 0 saturated heterocycles. The molecule has 0 saturated carbocycles. The predicted octanol–water partition coefficient (Wildman–Crippen LogP) is 2.52. The van der Waals surface area contributed by atoms with E-state index in [-0.39, 0.29) is 6.73 Å². The van der Waals surface area contributed by atoms with E-state index in [1.165, 1.54) is 0 Å². The van der Waals surface area contributed by atoms with Gasteiger partial charge in [-0.25, -0.2) is 0 Å². The van der Waals surface area contributed by atoms with Crippen molar-refractivity contribution in [1.82, 2.24) is 9.88 Å². The first-order valence-electron chi connectivity index (χ1n) is 5.51. The fraction of sp³-hybridized carbons (Fsp3) is 0.636. The molecule has 3 nitrogen and oxygen atoms in total. The lowest BCUT2D eigenvalue weighted by molar-refractivity contribution is -0.181. The molecule has 0 fully saturated rings. The lowest BCUT2D eigenvalue weighted by Crippen LogP contribution is -2.18. The minimum atomic E-state index is -4.27. The number of nitrogens with one attached hydrogen (secondary N) is 1. The molecule has 1 rings (SSSR count). The van der Waals surface area contributed by atoms with Crippen molar-refractivity contribution in [3.63, 3.8) is 0 Å². The van der Waals surface area contributed by atoms with Crippen LogP contribution in [0.5, 0.6) is 0 Å². The number of nitrogens with zero attached hydrogens (tertiary/aromatic N) is 1. The van der Waals surface area contributed by atoms with Gasteiger partial charge in [-0.3, -0.25) is 0 Å². The molecular formula is C11H17F3N2O. The van der Waals surface area contributed by atoms with Crippen LogP contribution in [0, 0.1) is 0 Å². The van der Waals surface area contributed by atoms with Crippen LogP contribution in [0.1, 0.15) is 18.9 Å². The van der Waals surface area contributed by atoms with E-state index in [2.05, 4.69) is 17.0 Å².